The summed E-state index contributed by atoms with van der Waals surface area (Å²) < 4.78 is 26.6. The smallest absolute Gasteiger partial charge is 0.322 e. The van der Waals surface area contributed by atoms with Gasteiger partial charge in [-0.25, -0.2) is 8.42 Å². The number of benzene rings is 2. The molecule has 0 aromatic heterocycles. The zero-order valence-corrected chi connectivity index (χ0v) is 12.5. The molecule has 0 radical (unpaired) electrons. The Morgan fingerprint density at radius 2 is 1.59 bits per heavy atom. The number of nitrogens with zero attached hydrogens (tertiary/aromatic N) is 1. The van der Waals surface area contributed by atoms with Crippen LogP contribution in [0.25, 0.3) is 0 Å². The molecule has 5 nitrogen and oxygen atoms in total. The van der Waals surface area contributed by atoms with Crippen LogP contribution in [0.1, 0.15) is 11.1 Å². The number of aliphatic carboxylic acids is 1. The van der Waals surface area contributed by atoms with Crippen molar-refractivity contribution in [3.63, 3.8) is 0 Å². The van der Waals surface area contributed by atoms with Crippen molar-refractivity contribution in [3.8, 4) is 0 Å². The van der Waals surface area contributed by atoms with Gasteiger partial charge in [-0.1, -0.05) is 42.5 Å². The van der Waals surface area contributed by atoms with E-state index in [9.17, 15) is 18.3 Å². The van der Waals surface area contributed by atoms with Crippen LogP contribution < -0.4 is 0 Å². The third kappa shape index (κ3) is 2.51. The highest BCUT2D eigenvalue weighted by atomic mass is 32.2. The molecule has 0 unspecified atom stereocenters. The van der Waals surface area contributed by atoms with Crippen molar-refractivity contribution in [2.45, 2.75) is 23.9 Å². The van der Waals surface area contributed by atoms with Gasteiger partial charge in [0.2, 0.25) is 10.0 Å². The van der Waals surface area contributed by atoms with Crippen molar-refractivity contribution in [1.82, 2.24) is 4.31 Å². The van der Waals surface area contributed by atoms with Crippen molar-refractivity contribution in [2.24, 2.45) is 0 Å². The lowest BCUT2D eigenvalue weighted by Crippen LogP contribution is -2.48. The van der Waals surface area contributed by atoms with E-state index in [0.717, 1.165) is 15.4 Å². The summed E-state index contributed by atoms with van der Waals surface area (Å²) >= 11 is 0. The van der Waals surface area contributed by atoms with Crippen LogP contribution in [0.3, 0.4) is 0 Å². The number of fused-ring (bicyclic) bond motifs is 1. The Labute approximate surface area is 128 Å². The van der Waals surface area contributed by atoms with Gasteiger partial charge >= 0.3 is 5.97 Å². The zero-order valence-electron chi connectivity index (χ0n) is 11.7. The molecule has 1 atom stereocenters. The summed E-state index contributed by atoms with van der Waals surface area (Å²) in [5.41, 5.74) is 1.73. The topological polar surface area (TPSA) is 74.7 Å². The summed E-state index contributed by atoms with van der Waals surface area (Å²) in [6.07, 6.45) is 0.178. The summed E-state index contributed by atoms with van der Waals surface area (Å²) in [5.74, 6) is -1.13. The molecule has 0 saturated heterocycles. The fourth-order valence-corrected chi connectivity index (χ4v) is 4.27. The van der Waals surface area contributed by atoms with E-state index >= 15 is 0 Å². The first kappa shape index (κ1) is 14.7. The number of hydrogen-bond acceptors (Lipinski definition) is 3. The second kappa shape index (κ2) is 5.55. The van der Waals surface area contributed by atoms with Crippen molar-refractivity contribution < 1.29 is 18.3 Å². The first-order valence-electron chi connectivity index (χ1n) is 6.86. The van der Waals surface area contributed by atoms with Gasteiger partial charge in [-0.2, -0.15) is 4.31 Å². The van der Waals surface area contributed by atoms with E-state index in [1.807, 2.05) is 24.3 Å². The number of carbonyl (C=O) groups is 1. The maximum atomic E-state index is 12.8. The molecule has 0 amide bonds. The van der Waals surface area contributed by atoms with E-state index < -0.39 is 22.0 Å². The molecule has 1 aliphatic heterocycles. The molecule has 2 aromatic rings. The van der Waals surface area contributed by atoms with Gasteiger partial charge in [0.15, 0.2) is 0 Å². The third-order valence-electron chi connectivity index (χ3n) is 3.84. The third-order valence-corrected chi connectivity index (χ3v) is 5.71. The van der Waals surface area contributed by atoms with Crippen LogP contribution >= 0.6 is 0 Å². The minimum Gasteiger partial charge on any atom is -0.480 e. The van der Waals surface area contributed by atoms with E-state index in [2.05, 4.69) is 0 Å². The number of carboxylic acids is 1. The Balaban J connectivity index is 2.07. The van der Waals surface area contributed by atoms with Gasteiger partial charge in [-0.05, 0) is 23.3 Å². The second-order valence-corrected chi connectivity index (χ2v) is 7.08. The quantitative estimate of drug-likeness (QED) is 0.938. The maximum Gasteiger partial charge on any atom is 0.322 e. The molecule has 0 bridgehead atoms. The number of carboxylic acid groups (broad SMARTS) is 1. The van der Waals surface area contributed by atoms with Crippen LogP contribution in [0.15, 0.2) is 59.5 Å². The van der Waals surface area contributed by atoms with E-state index in [0.29, 0.717) is 0 Å². The monoisotopic (exact) mass is 317 g/mol. The summed E-state index contributed by atoms with van der Waals surface area (Å²) in [5, 5.41) is 9.44. The highest BCUT2D eigenvalue weighted by Gasteiger charge is 2.39. The molecule has 6 heteroatoms. The SMILES string of the molecule is O=C(O)[C@H]1Cc2ccccc2CN1S(=O)(=O)c1ccccc1. The average molecular weight is 317 g/mol. The van der Waals surface area contributed by atoms with Gasteiger partial charge in [0.25, 0.3) is 0 Å². The Morgan fingerprint density at radius 1 is 1.00 bits per heavy atom. The Bertz CT molecular complexity index is 802. The summed E-state index contributed by atoms with van der Waals surface area (Å²) in [4.78, 5) is 11.7. The molecule has 0 saturated carbocycles. The lowest BCUT2D eigenvalue weighted by molar-refractivity contribution is -0.141. The minimum atomic E-state index is -3.85. The molecule has 3 rings (SSSR count). The maximum absolute atomic E-state index is 12.8. The molecule has 1 aliphatic rings. The largest absolute Gasteiger partial charge is 0.480 e. The van der Waals surface area contributed by atoms with Crippen molar-refractivity contribution >= 4 is 16.0 Å². The number of sulfonamides is 1. The first-order valence-corrected chi connectivity index (χ1v) is 8.30. The molecule has 1 N–H and O–H groups in total. The zero-order chi connectivity index (χ0) is 15.7. The van der Waals surface area contributed by atoms with Crippen molar-refractivity contribution in [3.05, 3.63) is 65.7 Å². The van der Waals surface area contributed by atoms with Gasteiger partial charge in [0, 0.05) is 13.0 Å². The number of hydrogen-bond donors (Lipinski definition) is 1. The predicted molar refractivity (Wildman–Crippen MR) is 80.7 cm³/mol. The highest BCUT2D eigenvalue weighted by Crippen LogP contribution is 2.29. The van der Waals surface area contributed by atoms with E-state index in [4.69, 9.17) is 0 Å². The first-order chi connectivity index (χ1) is 10.5. The van der Waals surface area contributed by atoms with Gasteiger partial charge in [0.05, 0.1) is 4.90 Å². The fourth-order valence-electron chi connectivity index (χ4n) is 2.69. The molecule has 2 aromatic carbocycles. The summed E-state index contributed by atoms with van der Waals surface area (Å²) in [6.45, 7) is 0.0738. The molecule has 0 spiro atoms. The molecule has 22 heavy (non-hydrogen) atoms. The molecule has 114 valence electrons. The molecular formula is C16H15NO4S. The van der Waals surface area contributed by atoms with Gasteiger partial charge in [0.1, 0.15) is 6.04 Å². The van der Waals surface area contributed by atoms with E-state index in [1.165, 1.54) is 12.1 Å². The molecule has 0 aliphatic carbocycles. The number of rotatable bonds is 3. The van der Waals surface area contributed by atoms with Crippen molar-refractivity contribution in [1.29, 1.82) is 0 Å². The molecule has 0 fully saturated rings. The fraction of sp³-hybridized carbons (Fsp3) is 0.188. The van der Waals surface area contributed by atoms with E-state index in [1.54, 1.807) is 18.2 Å². The van der Waals surface area contributed by atoms with Crippen LogP contribution in [-0.4, -0.2) is 29.8 Å². The standard InChI is InChI=1S/C16H15NO4S/c18-16(19)15-10-12-6-4-5-7-13(12)11-17(15)22(20,21)14-8-2-1-3-9-14/h1-9,15H,10-11H2,(H,18,19)/t15-/m1/s1. The van der Waals surface area contributed by atoms with Crippen LogP contribution in [0.5, 0.6) is 0 Å². The van der Waals surface area contributed by atoms with Crippen LogP contribution in [-0.2, 0) is 27.8 Å². The molecule has 1 heterocycles. The Kier molecular flexibility index (Phi) is 3.72. The lowest BCUT2D eigenvalue weighted by Gasteiger charge is -2.33. The van der Waals surface area contributed by atoms with Crippen LogP contribution in [0.4, 0.5) is 0 Å². The van der Waals surface area contributed by atoms with Crippen molar-refractivity contribution in [2.75, 3.05) is 0 Å². The van der Waals surface area contributed by atoms with Gasteiger partial charge in [-0.15, -0.1) is 0 Å². The normalized spacial score (nSPS) is 18.6. The predicted octanol–water partition coefficient (Wildman–Crippen LogP) is 1.89. The van der Waals surface area contributed by atoms with E-state index in [-0.39, 0.29) is 17.9 Å². The minimum absolute atomic E-state index is 0.0738. The lowest BCUT2D eigenvalue weighted by atomic mass is 9.96. The summed E-state index contributed by atoms with van der Waals surface area (Å²) in [7, 11) is -3.85. The Hall–Kier alpha value is -2.18. The van der Waals surface area contributed by atoms with Crippen LogP contribution in [0, 0.1) is 0 Å². The summed E-state index contributed by atoms with van der Waals surface area (Å²) in [6, 6.07) is 14.2. The molecular weight excluding hydrogens is 302 g/mol. The highest BCUT2D eigenvalue weighted by molar-refractivity contribution is 7.89. The van der Waals surface area contributed by atoms with Gasteiger partial charge < -0.3 is 5.11 Å². The Morgan fingerprint density at radius 3 is 2.23 bits per heavy atom. The van der Waals surface area contributed by atoms with Gasteiger partial charge in [-0.3, -0.25) is 4.79 Å². The second-order valence-electron chi connectivity index (χ2n) is 5.19. The van der Waals surface area contributed by atoms with Crippen LogP contribution in [0.2, 0.25) is 0 Å². The average Bonchev–Trinajstić information content (AvgIpc) is 2.54.